The van der Waals surface area contributed by atoms with E-state index in [2.05, 4.69) is 16.3 Å². The molecule has 0 bridgehead atoms. The van der Waals surface area contributed by atoms with Gasteiger partial charge in [-0.05, 0) is 12.1 Å². The summed E-state index contributed by atoms with van der Waals surface area (Å²) in [4.78, 5) is 9.08. The van der Waals surface area contributed by atoms with Crippen LogP contribution in [-0.4, -0.2) is 10.7 Å². The number of rotatable bonds is 4. The molecule has 0 fully saturated rings. The van der Waals surface area contributed by atoms with Gasteiger partial charge in [0.05, 0.1) is 11.9 Å². The molecule has 0 atom stereocenters. The monoisotopic (exact) mass is 236 g/mol. The zero-order chi connectivity index (χ0) is 12.6. The summed E-state index contributed by atoms with van der Waals surface area (Å²) in [7, 11) is 0. The highest BCUT2D eigenvalue weighted by Gasteiger charge is 2.02. The van der Waals surface area contributed by atoms with Crippen LogP contribution >= 0.6 is 0 Å². The number of nitriles is 1. The number of pyridine rings is 1. The number of oxime groups is 1. The van der Waals surface area contributed by atoms with Crippen LogP contribution in [0.15, 0.2) is 53.7 Å². The minimum absolute atomic E-state index is 0.218. The summed E-state index contributed by atoms with van der Waals surface area (Å²) >= 11 is 0. The third-order valence-corrected chi connectivity index (χ3v) is 2.19. The Kier molecular flexibility index (Phi) is 4.04. The molecule has 0 aliphatic rings. The molecule has 2 aromatic rings. The lowest BCUT2D eigenvalue weighted by Gasteiger charge is -2.00. The summed E-state index contributed by atoms with van der Waals surface area (Å²) in [6.07, 6.45) is 2.70. The molecule has 4 heteroatoms. The first-order valence-electron chi connectivity index (χ1n) is 5.37. The molecule has 0 aliphatic heterocycles. The number of aromatic nitrogens is 1. The number of hydrogen-bond acceptors (Lipinski definition) is 4. The third-order valence-electron chi connectivity index (χ3n) is 2.19. The molecule has 0 aliphatic carbocycles. The van der Waals surface area contributed by atoms with Crippen molar-refractivity contribution in [1.82, 2.24) is 4.98 Å². The van der Waals surface area contributed by atoms with E-state index < -0.39 is 0 Å². The van der Waals surface area contributed by atoms with Gasteiger partial charge in [0.1, 0.15) is 6.07 Å². The number of hydrogen-bond donors (Lipinski definition) is 0. The second-order valence-electron chi connectivity index (χ2n) is 3.45. The predicted molar refractivity (Wildman–Crippen MR) is 66.5 cm³/mol. The van der Waals surface area contributed by atoms with E-state index in [-0.39, 0.29) is 12.3 Å². The number of nitrogens with zero attached hydrogens (tertiary/aromatic N) is 3. The standard InChI is InChI=1S/C14H10N3O/c15-10-14(12-6-2-1-3-7-12)17-18-11-13-8-4-5-9-16-13/h1-8H,11H2. The maximum atomic E-state index is 8.99. The lowest BCUT2D eigenvalue weighted by atomic mass is 10.1. The van der Waals surface area contributed by atoms with Crippen LogP contribution in [0.1, 0.15) is 11.3 Å². The molecule has 87 valence electrons. The van der Waals surface area contributed by atoms with Gasteiger partial charge in [0, 0.05) is 5.56 Å². The lowest BCUT2D eigenvalue weighted by molar-refractivity contribution is 0.128. The van der Waals surface area contributed by atoms with Gasteiger partial charge < -0.3 is 4.84 Å². The van der Waals surface area contributed by atoms with Crippen LogP contribution in [0.25, 0.3) is 0 Å². The number of benzene rings is 1. The lowest BCUT2D eigenvalue weighted by Crippen LogP contribution is -1.99. The zero-order valence-corrected chi connectivity index (χ0v) is 9.58. The molecule has 1 heterocycles. The van der Waals surface area contributed by atoms with E-state index in [0.717, 1.165) is 5.56 Å². The van der Waals surface area contributed by atoms with E-state index in [9.17, 15) is 0 Å². The van der Waals surface area contributed by atoms with Crippen LogP contribution in [0.4, 0.5) is 0 Å². The van der Waals surface area contributed by atoms with Crippen LogP contribution in [-0.2, 0) is 11.4 Å². The van der Waals surface area contributed by atoms with Gasteiger partial charge in [0.15, 0.2) is 12.3 Å². The van der Waals surface area contributed by atoms with Gasteiger partial charge in [-0.1, -0.05) is 41.6 Å². The summed E-state index contributed by atoms with van der Waals surface area (Å²) in [6.45, 7) is 0.218. The fourth-order valence-corrected chi connectivity index (χ4v) is 1.34. The highest BCUT2D eigenvalue weighted by Crippen LogP contribution is 2.02. The van der Waals surface area contributed by atoms with E-state index in [0.29, 0.717) is 5.69 Å². The summed E-state index contributed by atoms with van der Waals surface area (Å²) in [5.41, 5.74) is 1.69. The Hall–Kier alpha value is -2.67. The van der Waals surface area contributed by atoms with E-state index in [1.54, 1.807) is 24.3 Å². The molecule has 1 aromatic carbocycles. The Morgan fingerprint density at radius 1 is 1.28 bits per heavy atom. The van der Waals surface area contributed by atoms with Crippen molar-refractivity contribution >= 4 is 5.71 Å². The van der Waals surface area contributed by atoms with Crippen molar-refractivity contribution in [2.24, 2.45) is 5.16 Å². The minimum Gasteiger partial charge on any atom is -0.388 e. The first-order valence-corrected chi connectivity index (χ1v) is 5.37. The van der Waals surface area contributed by atoms with Crippen LogP contribution in [0.3, 0.4) is 0 Å². The van der Waals surface area contributed by atoms with Crippen molar-refractivity contribution in [3.8, 4) is 6.07 Å². The quantitative estimate of drug-likeness (QED) is 0.604. The topological polar surface area (TPSA) is 58.3 Å². The van der Waals surface area contributed by atoms with Crippen molar-refractivity contribution in [3.05, 3.63) is 66.0 Å². The molecule has 0 N–H and O–H groups in total. The Morgan fingerprint density at radius 3 is 2.78 bits per heavy atom. The van der Waals surface area contributed by atoms with Crippen molar-refractivity contribution < 1.29 is 4.84 Å². The molecule has 0 saturated carbocycles. The summed E-state index contributed by atoms with van der Waals surface area (Å²) in [6, 6.07) is 16.5. The molecule has 4 nitrogen and oxygen atoms in total. The molecule has 2 rings (SSSR count). The van der Waals surface area contributed by atoms with Crippen LogP contribution < -0.4 is 0 Å². The Morgan fingerprint density at radius 2 is 2.11 bits per heavy atom. The first kappa shape index (κ1) is 11.8. The second-order valence-corrected chi connectivity index (χ2v) is 3.45. The van der Waals surface area contributed by atoms with Gasteiger partial charge in [-0.2, -0.15) is 5.26 Å². The van der Waals surface area contributed by atoms with E-state index >= 15 is 0 Å². The molecule has 0 spiro atoms. The zero-order valence-electron chi connectivity index (χ0n) is 9.58. The van der Waals surface area contributed by atoms with Crippen LogP contribution in [0, 0.1) is 17.5 Å². The highest BCUT2D eigenvalue weighted by atomic mass is 16.6. The normalized spacial score (nSPS) is 10.7. The van der Waals surface area contributed by atoms with Gasteiger partial charge in [-0.15, -0.1) is 0 Å². The van der Waals surface area contributed by atoms with E-state index in [1.165, 1.54) is 0 Å². The summed E-state index contributed by atoms with van der Waals surface area (Å²) in [5, 5.41) is 12.8. The fourth-order valence-electron chi connectivity index (χ4n) is 1.34. The highest BCUT2D eigenvalue weighted by molar-refractivity contribution is 6.11. The molecular weight excluding hydrogens is 226 g/mol. The molecule has 18 heavy (non-hydrogen) atoms. The largest absolute Gasteiger partial charge is 0.388 e. The van der Waals surface area contributed by atoms with Gasteiger partial charge >= 0.3 is 0 Å². The van der Waals surface area contributed by atoms with E-state index in [4.69, 9.17) is 10.1 Å². The fraction of sp³-hybridized carbons (Fsp3) is 0.0714. The van der Waals surface area contributed by atoms with Gasteiger partial charge in [0.25, 0.3) is 0 Å². The molecule has 1 radical (unpaired) electrons. The van der Waals surface area contributed by atoms with Crippen molar-refractivity contribution in [2.45, 2.75) is 6.61 Å². The molecule has 0 amide bonds. The average molecular weight is 236 g/mol. The molecule has 1 aromatic heterocycles. The van der Waals surface area contributed by atoms with E-state index in [1.807, 2.05) is 30.3 Å². The predicted octanol–water partition coefficient (Wildman–Crippen LogP) is 2.33. The van der Waals surface area contributed by atoms with Crippen LogP contribution in [0.2, 0.25) is 0 Å². The molecule has 0 unspecified atom stereocenters. The SMILES string of the molecule is N#CC(=NOCc1ccc[c]n1)c1ccccc1. The maximum Gasteiger partial charge on any atom is 0.186 e. The first-order chi connectivity index (χ1) is 8.90. The van der Waals surface area contributed by atoms with Gasteiger partial charge in [-0.3, -0.25) is 0 Å². The average Bonchev–Trinajstić information content (AvgIpc) is 2.46. The van der Waals surface area contributed by atoms with Gasteiger partial charge in [0.2, 0.25) is 0 Å². The Balaban J connectivity index is 2.02. The summed E-state index contributed by atoms with van der Waals surface area (Å²) in [5.74, 6) is 0. The Bertz CT molecular complexity index is 559. The second kappa shape index (κ2) is 6.16. The summed E-state index contributed by atoms with van der Waals surface area (Å²) < 4.78 is 0. The maximum absolute atomic E-state index is 8.99. The van der Waals surface area contributed by atoms with Crippen molar-refractivity contribution in [3.63, 3.8) is 0 Å². The molecule has 0 saturated heterocycles. The minimum atomic E-state index is 0.218. The Labute approximate surface area is 105 Å². The van der Waals surface area contributed by atoms with Crippen LogP contribution in [0.5, 0.6) is 0 Å². The molecular formula is C14H10N3O. The van der Waals surface area contributed by atoms with Gasteiger partial charge in [-0.25, -0.2) is 4.98 Å². The smallest absolute Gasteiger partial charge is 0.186 e. The van der Waals surface area contributed by atoms with Crippen molar-refractivity contribution in [2.75, 3.05) is 0 Å². The third kappa shape index (κ3) is 3.16. The van der Waals surface area contributed by atoms with Crippen molar-refractivity contribution in [1.29, 1.82) is 5.26 Å².